The second-order valence-electron chi connectivity index (χ2n) is 5.73. The zero-order chi connectivity index (χ0) is 14.5. The van der Waals surface area contributed by atoms with Gasteiger partial charge in [0.1, 0.15) is 12.4 Å². The van der Waals surface area contributed by atoms with Crippen molar-refractivity contribution in [3.8, 4) is 5.75 Å². The van der Waals surface area contributed by atoms with Crippen molar-refractivity contribution in [2.24, 2.45) is 5.92 Å². The average molecular weight is 282 g/mol. The van der Waals surface area contributed by atoms with E-state index < -0.39 is 0 Å². The summed E-state index contributed by atoms with van der Waals surface area (Å²) in [5.41, 5.74) is 2.51. The molecule has 2 aromatic carbocycles. The number of hydrogen-bond donors (Lipinski definition) is 0. The Bertz CT molecular complexity index is 544. The van der Waals surface area contributed by atoms with Gasteiger partial charge in [-0.25, -0.2) is 0 Å². The summed E-state index contributed by atoms with van der Waals surface area (Å²) in [7, 11) is 1.82. The third kappa shape index (κ3) is 4.08. The fourth-order valence-corrected chi connectivity index (χ4v) is 2.61. The van der Waals surface area contributed by atoms with Gasteiger partial charge in [-0.05, 0) is 48.4 Å². The minimum atomic E-state index is 0.376. The van der Waals surface area contributed by atoms with E-state index in [2.05, 4.69) is 36.4 Å². The third-order valence-electron chi connectivity index (χ3n) is 4.06. The highest BCUT2D eigenvalue weighted by Gasteiger charge is 2.31. The van der Waals surface area contributed by atoms with E-state index in [-0.39, 0.29) is 0 Å². The summed E-state index contributed by atoms with van der Waals surface area (Å²) in [5.74, 6) is 1.69. The molecule has 1 unspecified atom stereocenters. The Kier molecular flexibility index (Phi) is 4.56. The molecule has 0 N–H and O–H groups in total. The Morgan fingerprint density at radius 3 is 2.29 bits per heavy atom. The topological polar surface area (TPSA) is 18.5 Å². The Balaban J connectivity index is 1.54. The summed E-state index contributed by atoms with van der Waals surface area (Å²) in [4.78, 5) is 0. The molecule has 3 rings (SSSR count). The molecule has 2 heteroatoms. The molecule has 1 aliphatic rings. The first-order chi connectivity index (χ1) is 10.3. The van der Waals surface area contributed by atoms with Crippen LogP contribution in [0, 0.1) is 5.92 Å². The number of methoxy groups -OCH3 is 1. The van der Waals surface area contributed by atoms with E-state index >= 15 is 0 Å². The van der Waals surface area contributed by atoms with Crippen LogP contribution in [0.15, 0.2) is 54.6 Å². The minimum Gasteiger partial charge on any atom is -0.489 e. The highest BCUT2D eigenvalue weighted by atomic mass is 16.5. The molecule has 1 saturated carbocycles. The molecular formula is C19H22O2. The fourth-order valence-electron chi connectivity index (χ4n) is 2.61. The van der Waals surface area contributed by atoms with Crippen molar-refractivity contribution < 1.29 is 9.47 Å². The standard InChI is InChI=1S/C19H22O2/c1-20-19(17-9-10-17)13-15-7-11-18(12-8-15)21-14-16-5-3-2-4-6-16/h2-8,11-12,17,19H,9-10,13-14H2,1H3. The molecule has 0 heterocycles. The van der Waals surface area contributed by atoms with Crippen molar-refractivity contribution >= 4 is 0 Å². The van der Waals surface area contributed by atoms with Crippen molar-refractivity contribution in [1.29, 1.82) is 0 Å². The van der Waals surface area contributed by atoms with Crippen molar-refractivity contribution in [2.45, 2.75) is 32.0 Å². The van der Waals surface area contributed by atoms with Crippen molar-refractivity contribution in [1.82, 2.24) is 0 Å². The van der Waals surface area contributed by atoms with Crippen LogP contribution >= 0.6 is 0 Å². The maximum absolute atomic E-state index is 5.81. The summed E-state index contributed by atoms with van der Waals surface area (Å²) in [5, 5.41) is 0. The van der Waals surface area contributed by atoms with Crippen molar-refractivity contribution in [3.05, 3.63) is 65.7 Å². The SMILES string of the molecule is COC(Cc1ccc(OCc2ccccc2)cc1)C1CC1. The van der Waals surface area contributed by atoms with E-state index in [1.807, 2.05) is 25.3 Å². The molecule has 0 saturated heterocycles. The lowest BCUT2D eigenvalue weighted by Crippen LogP contribution is -2.16. The van der Waals surface area contributed by atoms with E-state index in [0.717, 1.165) is 18.1 Å². The first-order valence-electron chi connectivity index (χ1n) is 7.63. The van der Waals surface area contributed by atoms with Gasteiger partial charge in [0.15, 0.2) is 0 Å². The predicted octanol–water partition coefficient (Wildman–Crippen LogP) is 4.23. The third-order valence-corrected chi connectivity index (χ3v) is 4.06. The van der Waals surface area contributed by atoms with Crippen LogP contribution in [0.5, 0.6) is 5.75 Å². The van der Waals surface area contributed by atoms with Crippen LogP contribution in [0.3, 0.4) is 0 Å². The lowest BCUT2D eigenvalue weighted by molar-refractivity contribution is 0.0848. The molecule has 21 heavy (non-hydrogen) atoms. The molecule has 2 aromatic rings. The molecule has 1 aliphatic carbocycles. The molecule has 2 nitrogen and oxygen atoms in total. The van der Waals surface area contributed by atoms with E-state index in [1.54, 1.807) is 0 Å². The number of benzene rings is 2. The van der Waals surface area contributed by atoms with Crippen LogP contribution in [-0.2, 0) is 17.8 Å². The highest BCUT2D eigenvalue weighted by Crippen LogP contribution is 2.35. The van der Waals surface area contributed by atoms with Gasteiger partial charge < -0.3 is 9.47 Å². The molecule has 0 bridgehead atoms. The van der Waals surface area contributed by atoms with Gasteiger partial charge in [0.05, 0.1) is 6.10 Å². The van der Waals surface area contributed by atoms with E-state index in [1.165, 1.54) is 24.0 Å². The van der Waals surface area contributed by atoms with Gasteiger partial charge in [-0.15, -0.1) is 0 Å². The zero-order valence-corrected chi connectivity index (χ0v) is 12.5. The lowest BCUT2D eigenvalue weighted by atomic mass is 10.0. The molecule has 0 amide bonds. The Hall–Kier alpha value is -1.80. The summed E-state index contributed by atoms with van der Waals surface area (Å²) in [6.45, 7) is 0.614. The van der Waals surface area contributed by atoms with Crippen LogP contribution in [0.1, 0.15) is 24.0 Å². The van der Waals surface area contributed by atoms with Crippen molar-refractivity contribution in [2.75, 3.05) is 7.11 Å². The molecule has 1 atom stereocenters. The van der Waals surface area contributed by atoms with Crippen molar-refractivity contribution in [3.63, 3.8) is 0 Å². The average Bonchev–Trinajstić information content (AvgIpc) is 3.37. The second kappa shape index (κ2) is 6.77. The normalized spacial score (nSPS) is 15.7. The van der Waals surface area contributed by atoms with E-state index in [9.17, 15) is 0 Å². The van der Waals surface area contributed by atoms with Crippen LogP contribution in [0.2, 0.25) is 0 Å². The molecule has 1 fully saturated rings. The van der Waals surface area contributed by atoms with Crippen LogP contribution in [-0.4, -0.2) is 13.2 Å². The Morgan fingerprint density at radius 2 is 1.67 bits per heavy atom. The number of rotatable bonds is 7. The molecule has 110 valence electrons. The first kappa shape index (κ1) is 14.2. The lowest BCUT2D eigenvalue weighted by Gasteiger charge is -2.14. The molecule has 0 aliphatic heterocycles. The van der Waals surface area contributed by atoms with Gasteiger partial charge in [0.25, 0.3) is 0 Å². The molecule has 0 radical (unpaired) electrons. The largest absolute Gasteiger partial charge is 0.489 e. The zero-order valence-electron chi connectivity index (χ0n) is 12.5. The van der Waals surface area contributed by atoms with Crippen LogP contribution < -0.4 is 4.74 Å². The Labute approximate surface area is 126 Å². The summed E-state index contributed by atoms with van der Waals surface area (Å²) >= 11 is 0. The van der Waals surface area contributed by atoms with Crippen LogP contribution in [0.4, 0.5) is 0 Å². The Morgan fingerprint density at radius 1 is 0.952 bits per heavy atom. The minimum absolute atomic E-state index is 0.376. The molecule has 0 spiro atoms. The quantitative estimate of drug-likeness (QED) is 0.756. The smallest absolute Gasteiger partial charge is 0.119 e. The fraction of sp³-hybridized carbons (Fsp3) is 0.368. The van der Waals surface area contributed by atoms with Gasteiger partial charge in [0, 0.05) is 7.11 Å². The van der Waals surface area contributed by atoms with Gasteiger partial charge in [-0.2, -0.15) is 0 Å². The first-order valence-corrected chi connectivity index (χ1v) is 7.63. The molecular weight excluding hydrogens is 260 g/mol. The maximum Gasteiger partial charge on any atom is 0.119 e. The van der Waals surface area contributed by atoms with E-state index in [0.29, 0.717) is 12.7 Å². The number of hydrogen-bond acceptors (Lipinski definition) is 2. The predicted molar refractivity (Wildman–Crippen MR) is 84.4 cm³/mol. The maximum atomic E-state index is 5.81. The van der Waals surface area contributed by atoms with Gasteiger partial charge in [0.2, 0.25) is 0 Å². The van der Waals surface area contributed by atoms with E-state index in [4.69, 9.17) is 9.47 Å². The summed E-state index contributed by atoms with van der Waals surface area (Å²) in [6.07, 6.45) is 4.01. The van der Waals surface area contributed by atoms with Crippen LogP contribution in [0.25, 0.3) is 0 Å². The molecule has 0 aromatic heterocycles. The summed E-state index contributed by atoms with van der Waals surface area (Å²) < 4.78 is 11.4. The van der Waals surface area contributed by atoms with Gasteiger partial charge >= 0.3 is 0 Å². The number of ether oxygens (including phenoxy) is 2. The monoisotopic (exact) mass is 282 g/mol. The van der Waals surface area contributed by atoms with Gasteiger partial charge in [-0.3, -0.25) is 0 Å². The summed E-state index contributed by atoms with van der Waals surface area (Å²) in [6, 6.07) is 18.6. The van der Waals surface area contributed by atoms with Gasteiger partial charge in [-0.1, -0.05) is 42.5 Å². The highest BCUT2D eigenvalue weighted by molar-refractivity contribution is 5.28. The second-order valence-corrected chi connectivity index (χ2v) is 5.73.